The standard InChI is InChI=1S/C20H16N2O7S/c1-28-13-8-7-10(15(19(26)27)16(13)29-2)9-14-17(23)22-20(30-14)21-12-6-4-3-5-11(12)18(24)25/h3-9H,1-2H3,(H,24,25)(H,26,27)(H,21,22,23)/b14-9-. The summed E-state index contributed by atoms with van der Waals surface area (Å²) in [6.07, 6.45) is 1.40. The number of methoxy groups -OCH3 is 2. The van der Waals surface area contributed by atoms with Crippen LogP contribution in [-0.2, 0) is 4.79 Å². The third-order valence-electron chi connectivity index (χ3n) is 4.09. The summed E-state index contributed by atoms with van der Waals surface area (Å²) in [7, 11) is 2.71. The summed E-state index contributed by atoms with van der Waals surface area (Å²) >= 11 is 0.965. The van der Waals surface area contributed by atoms with Crippen LogP contribution in [0.1, 0.15) is 26.3 Å². The largest absolute Gasteiger partial charge is 0.493 e. The van der Waals surface area contributed by atoms with E-state index in [4.69, 9.17) is 9.47 Å². The fourth-order valence-electron chi connectivity index (χ4n) is 2.77. The molecule has 10 heteroatoms. The van der Waals surface area contributed by atoms with Crippen molar-refractivity contribution in [2.24, 2.45) is 4.99 Å². The fraction of sp³-hybridized carbons (Fsp3) is 0.100. The first-order chi connectivity index (χ1) is 14.3. The molecule has 0 aliphatic carbocycles. The summed E-state index contributed by atoms with van der Waals surface area (Å²) in [6, 6.07) is 9.16. The van der Waals surface area contributed by atoms with Gasteiger partial charge in [-0.25, -0.2) is 14.6 Å². The van der Waals surface area contributed by atoms with Crippen molar-refractivity contribution in [2.45, 2.75) is 0 Å². The number of ether oxygens (including phenoxy) is 2. The number of hydrogen-bond acceptors (Lipinski definition) is 7. The monoisotopic (exact) mass is 428 g/mol. The molecule has 1 amide bonds. The number of carbonyl (C=O) groups is 3. The Morgan fingerprint density at radius 1 is 1.07 bits per heavy atom. The smallest absolute Gasteiger partial charge is 0.340 e. The van der Waals surface area contributed by atoms with E-state index >= 15 is 0 Å². The van der Waals surface area contributed by atoms with E-state index in [2.05, 4.69) is 10.3 Å². The Balaban J connectivity index is 2.00. The highest BCUT2D eigenvalue weighted by Gasteiger charge is 2.27. The van der Waals surface area contributed by atoms with Crippen molar-refractivity contribution < 1.29 is 34.1 Å². The van der Waals surface area contributed by atoms with Gasteiger partial charge in [0.25, 0.3) is 5.91 Å². The van der Waals surface area contributed by atoms with Gasteiger partial charge in [0.05, 0.1) is 30.4 Å². The average molecular weight is 428 g/mol. The third-order valence-corrected chi connectivity index (χ3v) is 5.00. The molecule has 154 valence electrons. The molecule has 1 fully saturated rings. The molecule has 0 unspecified atom stereocenters. The average Bonchev–Trinajstić information content (AvgIpc) is 3.06. The van der Waals surface area contributed by atoms with E-state index in [1.165, 1.54) is 44.6 Å². The van der Waals surface area contributed by atoms with Crippen LogP contribution in [0.5, 0.6) is 11.5 Å². The van der Waals surface area contributed by atoms with Gasteiger partial charge in [-0.2, -0.15) is 0 Å². The molecule has 1 heterocycles. The normalized spacial score (nSPS) is 15.9. The molecule has 9 nitrogen and oxygen atoms in total. The maximum atomic E-state index is 12.4. The minimum Gasteiger partial charge on any atom is -0.493 e. The van der Waals surface area contributed by atoms with Crippen LogP contribution in [0.15, 0.2) is 46.3 Å². The number of aliphatic imine (C=N–C) groups is 1. The summed E-state index contributed by atoms with van der Waals surface area (Å²) in [4.78, 5) is 39.9. The van der Waals surface area contributed by atoms with E-state index in [0.717, 1.165) is 11.8 Å². The minimum atomic E-state index is -1.25. The Labute approximate surface area is 175 Å². The molecule has 0 radical (unpaired) electrons. The SMILES string of the molecule is COc1ccc(/C=C2\SC(=Nc3ccccc3C(=O)O)NC2=O)c(C(=O)O)c1OC. The van der Waals surface area contributed by atoms with Crippen LogP contribution >= 0.6 is 11.8 Å². The maximum Gasteiger partial charge on any atom is 0.340 e. The summed E-state index contributed by atoms with van der Waals surface area (Å²) in [6.45, 7) is 0. The maximum absolute atomic E-state index is 12.4. The number of para-hydroxylation sites is 1. The van der Waals surface area contributed by atoms with Gasteiger partial charge in [0.2, 0.25) is 0 Å². The molecule has 3 N–H and O–H groups in total. The lowest BCUT2D eigenvalue weighted by Gasteiger charge is -2.12. The predicted octanol–water partition coefficient (Wildman–Crippen LogP) is 2.99. The lowest BCUT2D eigenvalue weighted by molar-refractivity contribution is -0.115. The number of amides is 1. The van der Waals surface area contributed by atoms with Gasteiger partial charge in [0, 0.05) is 0 Å². The highest BCUT2D eigenvalue weighted by atomic mass is 32.2. The topological polar surface area (TPSA) is 135 Å². The first-order valence-electron chi connectivity index (χ1n) is 8.46. The summed E-state index contributed by atoms with van der Waals surface area (Å²) in [5, 5.41) is 21.6. The highest BCUT2D eigenvalue weighted by molar-refractivity contribution is 8.18. The molecular formula is C20H16N2O7S. The lowest BCUT2D eigenvalue weighted by atomic mass is 10.0. The Kier molecular flexibility index (Phi) is 6.07. The highest BCUT2D eigenvalue weighted by Crippen LogP contribution is 2.36. The quantitative estimate of drug-likeness (QED) is 0.598. The molecule has 0 bridgehead atoms. The van der Waals surface area contributed by atoms with Crippen LogP contribution in [0.25, 0.3) is 6.08 Å². The summed E-state index contributed by atoms with van der Waals surface area (Å²) < 4.78 is 10.3. The third kappa shape index (κ3) is 4.13. The second-order valence-corrected chi connectivity index (χ2v) is 6.91. The van der Waals surface area contributed by atoms with E-state index < -0.39 is 17.8 Å². The molecule has 3 rings (SSSR count). The zero-order chi connectivity index (χ0) is 21.8. The van der Waals surface area contributed by atoms with Gasteiger partial charge in [0.1, 0.15) is 5.56 Å². The molecule has 1 aliphatic rings. The van der Waals surface area contributed by atoms with Crippen molar-refractivity contribution in [3.63, 3.8) is 0 Å². The van der Waals surface area contributed by atoms with Gasteiger partial charge in [-0.3, -0.25) is 4.79 Å². The minimum absolute atomic E-state index is 0.00895. The van der Waals surface area contributed by atoms with Gasteiger partial charge < -0.3 is 25.0 Å². The molecule has 0 aromatic heterocycles. The van der Waals surface area contributed by atoms with Gasteiger partial charge >= 0.3 is 11.9 Å². The van der Waals surface area contributed by atoms with Gasteiger partial charge in [-0.15, -0.1) is 0 Å². The molecular weight excluding hydrogens is 412 g/mol. The number of carboxylic acid groups (broad SMARTS) is 2. The second-order valence-electron chi connectivity index (χ2n) is 5.87. The summed E-state index contributed by atoms with van der Waals surface area (Å²) in [5.41, 5.74) is 0.265. The van der Waals surface area contributed by atoms with Crippen LogP contribution in [0.3, 0.4) is 0 Å². The van der Waals surface area contributed by atoms with Crippen molar-refractivity contribution in [3.8, 4) is 11.5 Å². The van der Waals surface area contributed by atoms with E-state index in [1.54, 1.807) is 12.1 Å². The Morgan fingerprint density at radius 3 is 2.43 bits per heavy atom. The number of thioether (sulfide) groups is 1. The van der Waals surface area contributed by atoms with Gasteiger partial charge in [0.15, 0.2) is 16.7 Å². The first kappa shape index (κ1) is 20.9. The second kappa shape index (κ2) is 8.70. The van der Waals surface area contributed by atoms with Crippen LogP contribution in [0, 0.1) is 0 Å². The molecule has 30 heavy (non-hydrogen) atoms. The number of aromatic carboxylic acids is 2. The Morgan fingerprint density at radius 2 is 1.80 bits per heavy atom. The summed E-state index contributed by atoms with van der Waals surface area (Å²) in [5.74, 6) is -2.60. The van der Waals surface area contributed by atoms with Crippen LogP contribution in [0.4, 0.5) is 5.69 Å². The lowest BCUT2D eigenvalue weighted by Crippen LogP contribution is -2.19. The molecule has 0 spiro atoms. The zero-order valence-electron chi connectivity index (χ0n) is 15.8. The van der Waals surface area contributed by atoms with Gasteiger partial charge in [-0.1, -0.05) is 18.2 Å². The van der Waals surface area contributed by atoms with Crippen molar-refractivity contribution in [3.05, 3.63) is 58.0 Å². The number of amidine groups is 1. The zero-order valence-corrected chi connectivity index (χ0v) is 16.6. The van der Waals surface area contributed by atoms with Crippen molar-refractivity contribution in [1.29, 1.82) is 0 Å². The first-order valence-corrected chi connectivity index (χ1v) is 9.27. The molecule has 0 saturated carbocycles. The number of carbonyl (C=O) groups excluding carboxylic acids is 1. The van der Waals surface area contributed by atoms with Crippen molar-refractivity contribution in [2.75, 3.05) is 14.2 Å². The van der Waals surface area contributed by atoms with E-state index in [-0.39, 0.29) is 43.9 Å². The van der Waals surface area contributed by atoms with E-state index in [0.29, 0.717) is 0 Å². The van der Waals surface area contributed by atoms with Crippen molar-refractivity contribution >= 4 is 46.5 Å². The predicted molar refractivity (Wildman–Crippen MR) is 111 cm³/mol. The van der Waals surface area contributed by atoms with Crippen molar-refractivity contribution in [1.82, 2.24) is 5.32 Å². The number of nitrogens with zero attached hydrogens (tertiary/aromatic N) is 1. The number of carboxylic acids is 2. The van der Waals surface area contributed by atoms with E-state index in [9.17, 15) is 24.6 Å². The molecule has 1 aliphatic heterocycles. The van der Waals surface area contributed by atoms with E-state index in [1.807, 2.05) is 0 Å². The number of nitrogens with one attached hydrogen (secondary N) is 1. The van der Waals surface area contributed by atoms with Crippen LogP contribution in [0.2, 0.25) is 0 Å². The molecule has 2 aromatic carbocycles. The van der Waals surface area contributed by atoms with Crippen LogP contribution in [-0.4, -0.2) is 47.4 Å². The Hall–Kier alpha value is -3.79. The molecule has 1 saturated heterocycles. The number of benzene rings is 2. The molecule has 2 aromatic rings. The number of hydrogen-bond donors (Lipinski definition) is 3. The Bertz CT molecular complexity index is 1110. The fourth-order valence-corrected chi connectivity index (χ4v) is 3.59. The molecule has 0 atom stereocenters. The number of rotatable bonds is 6. The van der Waals surface area contributed by atoms with Crippen LogP contribution < -0.4 is 14.8 Å². The van der Waals surface area contributed by atoms with Gasteiger partial charge in [-0.05, 0) is 41.6 Å².